The summed E-state index contributed by atoms with van der Waals surface area (Å²) in [4.78, 5) is 0. The summed E-state index contributed by atoms with van der Waals surface area (Å²) >= 11 is 0. The van der Waals surface area contributed by atoms with Crippen LogP contribution in [0.1, 0.15) is 52.4 Å². The second kappa shape index (κ2) is 5.58. The van der Waals surface area contributed by atoms with Crippen molar-refractivity contribution in [2.45, 2.75) is 58.5 Å². The Hall–Kier alpha value is -0.0400. The summed E-state index contributed by atoms with van der Waals surface area (Å²) in [5.74, 6) is 0.829. The van der Waals surface area contributed by atoms with E-state index in [-0.39, 0.29) is 0 Å². The third-order valence-electron chi connectivity index (χ3n) is 2.92. The fraction of sp³-hybridized carbons (Fsp3) is 1.00. The number of hydrogen-bond acceptors (Lipinski definition) is 1. The summed E-state index contributed by atoms with van der Waals surface area (Å²) in [6.07, 6.45) is 8.49. The molecule has 0 radical (unpaired) electrons. The molecular formula is C11H22O. The predicted octanol–water partition coefficient (Wildman–Crippen LogP) is 3.38. The number of hydrogen-bond donors (Lipinski definition) is 0. The Bertz CT molecular complexity index is 103. The maximum atomic E-state index is 5.78. The Kier molecular flexibility index (Phi) is 4.67. The van der Waals surface area contributed by atoms with Gasteiger partial charge in [-0.3, -0.25) is 0 Å². The van der Waals surface area contributed by atoms with Gasteiger partial charge < -0.3 is 4.74 Å². The zero-order chi connectivity index (χ0) is 8.81. The summed E-state index contributed by atoms with van der Waals surface area (Å²) in [7, 11) is 0. The molecule has 1 heterocycles. The maximum Gasteiger partial charge on any atom is 0.0603 e. The molecule has 0 aromatic heterocycles. The predicted molar refractivity (Wildman–Crippen MR) is 52.3 cm³/mol. The van der Waals surface area contributed by atoms with Gasteiger partial charge in [-0.05, 0) is 31.6 Å². The second-order valence-corrected chi connectivity index (χ2v) is 3.86. The van der Waals surface area contributed by atoms with Gasteiger partial charge in [0, 0.05) is 6.61 Å². The topological polar surface area (TPSA) is 9.23 Å². The molecule has 1 rings (SSSR count). The van der Waals surface area contributed by atoms with Crippen molar-refractivity contribution in [1.29, 1.82) is 0 Å². The summed E-state index contributed by atoms with van der Waals surface area (Å²) in [6.45, 7) is 5.56. The molecule has 0 saturated carbocycles. The third kappa shape index (κ3) is 2.78. The van der Waals surface area contributed by atoms with Crippen LogP contribution >= 0.6 is 0 Å². The molecule has 1 nitrogen and oxygen atoms in total. The van der Waals surface area contributed by atoms with Crippen LogP contribution in [-0.2, 0) is 4.74 Å². The molecule has 12 heavy (non-hydrogen) atoms. The van der Waals surface area contributed by atoms with Crippen LogP contribution in [0.3, 0.4) is 0 Å². The molecule has 0 amide bonds. The fourth-order valence-electron chi connectivity index (χ4n) is 2.16. The summed E-state index contributed by atoms with van der Waals surface area (Å²) in [6, 6.07) is 0. The van der Waals surface area contributed by atoms with E-state index in [1.807, 2.05) is 0 Å². The number of ether oxygens (including phenoxy) is 1. The Balaban J connectivity index is 2.29. The van der Waals surface area contributed by atoms with E-state index in [1.54, 1.807) is 0 Å². The Morgan fingerprint density at radius 1 is 1.33 bits per heavy atom. The molecule has 1 fully saturated rings. The molecule has 0 aliphatic carbocycles. The first-order chi connectivity index (χ1) is 5.88. The van der Waals surface area contributed by atoms with Gasteiger partial charge >= 0.3 is 0 Å². The molecule has 1 saturated heterocycles. The lowest BCUT2D eigenvalue weighted by Gasteiger charge is -2.29. The van der Waals surface area contributed by atoms with Gasteiger partial charge in [-0.15, -0.1) is 0 Å². The highest BCUT2D eigenvalue weighted by Gasteiger charge is 2.21. The van der Waals surface area contributed by atoms with Crippen molar-refractivity contribution in [3.63, 3.8) is 0 Å². The zero-order valence-electron chi connectivity index (χ0n) is 8.51. The van der Waals surface area contributed by atoms with Crippen molar-refractivity contribution in [3.8, 4) is 0 Å². The van der Waals surface area contributed by atoms with Crippen LogP contribution < -0.4 is 0 Å². The Morgan fingerprint density at radius 2 is 2.17 bits per heavy atom. The van der Waals surface area contributed by atoms with Crippen LogP contribution in [0.2, 0.25) is 0 Å². The molecule has 0 aromatic carbocycles. The van der Waals surface area contributed by atoms with E-state index in [1.165, 1.54) is 38.5 Å². The van der Waals surface area contributed by atoms with Crippen LogP contribution in [0.15, 0.2) is 0 Å². The van der Waals surface area contributed by atoms with E-state index < -0.39 is 0 Å². The van der Waals surface area contributed by atoms with E-state index in [0.29, 0.717) is 6.10 Å². The SMILES string of the molecule is CCCC(CC)C1CCCCO1. The van der Waals surface area contributed by atoms with E-state index >= 15 is 0 Å². The first-order valence-corrected chi connectivity index (χ1v) is 5.50. The summed E-state index contributed by atoms with van der Waals surface area (Å²) in [5, 5.41) is 0. The lowest BCUT2D eigenvalue weighted by atomic mass is 9.90. The standard InChI is InChI=1S/C11H22O/c1-3-7-10(4-2)11-8-5-6-9-12-11/h10-11H,3-9H2,1-2H3. The molecule has 1 heteroatoms. The monoisotopic (exact) mass is 170 g/mol. The smallest absolute Gasteiger partial charge is 0.0603 e. The molecule has 0 bridgehead atoms. The van der Waals surface area contributed by atoms with E-state index in [4.69, 9.17) is 4.74 Å². The average Bonchev–Trinajstić information content (AvgIpc) is 2.15. The Morgan fingerprint density at radius 3 is 2.67 bits per heavy atom. The maximum absolute atomic E-state index is 5.78. The van der Waals surface area contributed by atoms with Gasteiger partial charge in [-0.25, -0.2) is 0 Å². The highest BCUT2D eigenvalue weighted by atomic mass is 16.5. The van der Waals surface area contributed by atoms with Crippen molar-refractivity contribution >= 4 is 0 Å². The third-order valence-corrected chi connectivity index (χ3v) is 2.92. The van der Waals surface area contributed by atoms with Crippen molar-refractivity contribution in [2.24, 2.45) is 5.92 Å². The second-order valence-electron chi connectivity index (χ2n) is 3.86. The van der Waals surface area contributed by atoms with Crippen molar-refractivity contribution < 1.29 is 4.74 Å². The van der Waals surface area contributed by atoms with Crippen LogP contribution in [0.25, 0.3) is 0 Å². The van der Waals surface area contributed by atoms with Gasteiger partial charge in [0.2, 0.25) is 0 Å². The van der Waals surface area contributed by atoms with Gasteiger partial charge in [0.15, 0.2) is 0 Å². The molecule has 0 aromatic rings. The first-order valence-electron chi connectivity index (χ1n) is 5.50. The minimum atomic E-state index is 0.587. The summed E-state index contributed by atoms with van der Waals surface area (Å²) in [5.41, 5.74) is 0. The molecule has 0 N–H and O–H groups in total. The minimum absolute atomic E-state index is 0.587. The minimum Gasteiger partial charge on any atom is -0.378 e. The molecule has 1 aliphatic heterocycles. The van der Waals surface area contributed by atoms with Crippen molar-refractivity contribution in [1.82, 2.24) is 0 Å². The fourth-order valence-corrected chi connectivity index (χ4v) is 2.16. The van der Waals surface area contributed by atoms with Gasteiger partial charge in [-0.2, -0.15) is 0 Å². The number of rotatable bonds is 4. The quantitative estimate of drug-likeness (QED) is 0.628. The van der Waals surface area contributed by atoms with Gasteiger partial charge in [0.25, 0.3) is 0 Å². The largest absolute Gasteiger partial charge is 0.378 e. The lowest BCUT2D eigenvalue weighted by molar-refractivity contribution is -0.0243. The van der Waals surface area contributed by atoms with Crippen molar-refractivity contribution in [2.75, 3.05) is 6.61 Å². The molecule has 2 atom stereocenters. The highest BCUT2D eigenvalue weighted by Crippen LogP contribution is 2.25. The lowest BCUT2D eigenvalue weighted by Crippen LogP contribution is -2.27. The molecular weight excluding hydrogens is 148 g/mol. The molecule has 2 unspecified atom stereocenters. The van der Waals surface area contributed by atoms with Gasteiger partial charge in [0.1, 0.15) is 0 Å². The van der Waals surface area contributed by atoms with E-state index in [2.05, 4.69) is 13.8 Å². The van der Waals surface area contributed by atoms with Gasteiger partial charge in [-0.1, -0.05) is 26.7 Å². The highest BCUT2D eigenvalue weighted by molar-refractivity contribution is 4.72. The van der Waals surface area contributed by atoms with Crippen LogP contribution in [0.5, 0.6) is 0 Å². The van der Waals surface area contributed by atoms with E-state index in [9.17, 15) is 0 Å². The zero-order valence-corrected chi connectivity index (χ0v) is 8.51. The normalized spacial score (nSPS) is 27.0. The van der Waals surface area contributed by atoms with E-state index in [0.717, 1.165) is 12.5 Å². The molecule has 0 spiro atoms. The molecule has 72 valence electrons. The van der Waals surface area contributed by atoms with Crippen LogP contribution in [-0.4, -0.2) is 12.7 Å². The molecule has 1 aliphatic rings. The van der Waals surface area contributed by atoms with Gasteiger partial charge in [0.05, 0.1) is 6.10 Å². The average molecular weight is 170 g/mol. The first kappa shape index (κ1) is 10.0. The Labute approximate surface area is 76.5 Å². The van der Waals surface area contributed by atoms with Crippen LogP contribution in [0.4, 0.5) is 0 Å². The van der Waals surface area contributed by atoms with Crippen molar-refractivity contribution in [3.05, 3.63) is 0 Å². The summed E-state index contributed by atoms with van der Waals surface area (Å²) < 4.78 is 5.78. The van der Waals surface area contributed by atoms with Crippen LogP contribution in [0, 0.1) is 5.92 Å².